The molecule has 0 bridgehead atoms. The van der Waals surface area contributed by atoms with Gasteiger partial charge in [0.1, 0.15) is 11.4 Å². The van der Waals surface area contributed by atoms with E-state index in [2.05, 4.69) is 0 Å². The van der Waals surface area contributed by atoms with E-state index in [4.69, 9.17) is 22.1 Å². The zero-order chi connectivity index (χ0) is 18.1. The quantitative estimate of drug-likeness (QED) is 0.641. The van der Waals surface area contributed by atoms with Crippen molar-refractivity contribution >= 4 is 28.9 Å². The predicted molar refractivity (Wildman–Crippen MR) is 92.7 cm³/mol. The van der Waals surface area contributed by atoms with Crippen molar-refractivity contribution in [1.29, 1.82) is 0 Å². The minimum atomic E-state index is -1.11. The highest BCUT2D eigenvalue weighted by Crippen LogP contribution is 2.35. The van der Waals surface area contributed by atoms with E-state index >= 15 is 0 Å². The fourth-order valence-corrected chi connectivity index (χ4v) is 3.07. The lowest BCUT2D eigenvalue weighted by molar-refractivity contribution is -0.161. The molecule has 1 saturated heterocycles. The monoisotopic (exact) mass is 358 g/mol. The standard InChI is InChI=1S/C17H24ClFN2O3/c1-16(2,3)24-15(22)10-17(23)4-6-21(7-5-17)14-9-12(19)13(20)8-11(14)18/h8-9,23H,4-7,10,20H2,1-3H3. The lowest BCUT2D eigenvalue weighted by atomic mass is 9.88. The van der Waals surface area contributed by atoms with Gasteiger partial charge in [0.05, 0.1) is 28.4 Å². The third-order valence-corrected chi connectivity index (χ3v) is 4.30. The van der Waals surface area contributed by atoms with E-state index in [9.17, 15) is 14.3 Å². The van der Waals surface area contributed by atoms with Crippen LogP contribution in [-0.4, -0.2) is 35.4 Å². The largest absolute Gasteiger partial charge is 0.460 e. The van der Waals surface area contributed by atoms with Gasteiger partial charge in [0, 0.05) is 19.2 Å². The molecule has 0 unspecified atom stereocenters. The van der Waals surface area contributed by atoms with Crippen LogP contribution in [0.25, 0.3) is 0 Å². The SMILES string of the molecule is CC(C)(C)OC(=O)CC1(O)CCN(c2cc(F)c(N)cc2Cl)CC1. The van der Waals surface area contributed by atoms with Gasteiger partial charge in [0.25, 0.3) is 0 Å². The van der Waals surface area contributed by atoms with E-state index in [1.165, 1.54) is 12.1 Å². The number of benzene rings is 1. The number of hydrogen-bond acceptors (Lipinski definition) is 5. The lowest BCUT2D eigenvalue weighted by Crippen LogP contribution is -2.46. The average molecular weight is 359 g/mol. The molecule has 1 aliphatic heterocycles. The molecular weight excluding hydrogens is 335 g/mol. The van der Waals surface area contributed by atoms with Crippen LogP contribution in [0.5, 0.6) is 0 Å². The van der Waals surface area contributed by atoms with Crippen LogP contribution >= 0.6 is 11.6 Å². The first-order valence-electron chi connectivity index (χ1n) is 7.93. The number of nitrogens with zero attached hydrogens (tertiary/aromatic N) is 1. The molecule has 5 nitrogen and oxygen atoms in total. The van der Waals surface area contributed by atoms with Crippen molar-refractivity contribution in [1.82, 2.24) is 0 Å². The Balaban J connectivity index is 2.00. The van der Waals surface area contributed by atoms with Crippen molar-refractivity contribution < 1.29 is 19.0 Å². The molecule has 7 heteroatoms. The summed E-state index contributed by atoms with van der Waals surface area (Å²) in [6, 6.07) is 2.68. The van der Waals surface area contributed by atoms with Crippen molar-refractivity contribution in [2.75, 3.05) is 23.7 Å². The fourth-order valence-electron chi connectivity index (χ4n) is 2.78. The highest BCUT2D eigenvalue weighted by atomic mass is 35.5. The zero-order valence-electron chi connectivity index (χ0n) is 14.2. The molecule has 0 spiro atoms. The van der Waals surface area contributed by atoms with E-state index in [0.717, 1.165) is 0 Å². The van der Waals surface area contributed by atoms with Crippen LogP contribution in [0, 0.1) is 5.82 Å². The Bertz CT molecular complexity index is 623. The summed E-state index contributed by atoms with van der Waals surface area (Å²) < 4.78 is 18.9. The van der Waals surface area contributed by atoms with Crippen molar-refractivity contribution in [3.05, 3.63) is 23.0 Å². The van der Waals surface area contributed by atoms with Gasteiger partial charge in [-0.15, -0.1) is 0 Å². The van der Waals surface area contributed by atoms with Crippen LogP contribution in [0.1, 0.15) is 40.0 Å². The average Bonchev–Trinajstić information content (AvgIpc) is 2.41. The molecule has 1 aliphatic rings. The molecule has 1 heterocycles. The Hall–Kier alpha value is -1.53. The van der Waals surface area contributed by atoms with Gasteiger partial charge in [-0.25, -0.2) is 4.39 Å². The number of nitrogens with two attached hydrogens (primary N) is 1. The Morgan fingerprint density at radius 3 is 2.54 bits per heavy atom. The van der Waals surface area contributed by atoms with E-state index < -0.39 is 23.0 Å². The van der Waals surface area contributed by atoms with Crippen molar-refractivity contribution in [3.63, 3.8) is 0 Å². The number of anilines is 2. The van der Waals surface area contributed by atoms with Crippen LogP contribution in [0.4, 0.5) is 15.8 Å². The van der Waals surface area contributed by atoms with Gasteiger partial charge in [-0.2, -0.15) is 0 Å². The summed E-state index contributed by atoms with van der Waals surface area (Å²) in [6.45, 7) is 6.28. The van der Waals surface area contributed by atoms with Crippen LogP contribution in [0.3, 0.4) is 0 Å². The predicted octanol–water partition coefficient (Wildman–Crippen LogP) is 3.12. The molecule has 0 saturated carbocycles. The number of hydrogen-bond donors (Lipinski definition) is 2. The van der Waals surface area contributed by atoms with Gasteiger partial charge >= 0.3 is 5.97 Å². The summed E-state index contributed by atoms with van der Waals surface area (Å²) in [7, 11) is 0. The second kappa shape index (κ2) is 6.76. The van der Waals surface area contributed by atoms with Gasteiger partial charge in [-0.05, 0) is 39.7 Å². The molecular formula is C17H24ClFN2O3. The number of nitrogen functional groups attached to an aromatic ring is 1. The van der Waals surface area contributed by atoms with E-state index in [0.29, 0.717) is 36.6 Å². The van der Waals surface area contributed by atoms with Crippen molar-refractivity contribution in [3.8, 4) is 0 Å². The fraction of sp³-hybridized carbons (Fsp3) is 0.588. The van der Waals surface area contributed by atoms with Gasteiger partial charge in [0.2, 0.25) is 0 Å². The first-order chi connectivity index (χ1) is 11.0. The number of aliphatic hydroxyl groups is 1. The van der Waals surface area contributed by atoms with Crippen molar-refractivity contribution in [2.24, 2.45) is 0 Å². The number of rotatable bonds is 3. The number of carbonyl (C=O) groups is 1. The Morgan fingerprint density at radius 2 is 2.00 bits per heavy atom. The maximum atomic E-state index is 13.7. The molecule has 0 amide bonds. The highest BCUT2D eigenvalue weighted by Gasteiger charge is 2.36. The van der Waals surface area contributed by atoms with Gasteiger partial charge in [-0.3, -0.25) is 4.79 Å². The highest BCUT2D eigenvalue weighted by molar-refractivity contribution is 6.33. The minimum absolute atomic E-state index is 0.00203. The first-order valence-corrected chi connectivity index (χ1v) is 8.31. The Morgan fingerprint density at radius 1 is 1.42 bits per heavy atom. The molecule has 0 radical (unpaired) electrons. The van der Waals surface area contributed by atoms with Gasteiger partial charge in [-0.1, -0.05) is 11.6 Å². The molecule has 3 N–H and O–H groups in total. The third kappa shape index (κ3) is 4.74. The summed E-state index contributed by atoms with van der Waals surface area (Å²) in [5.74, 6) is -0.945. The molecule has 0 atom stereocenters. The molecule has 134 valence electrons. The summed E-state index contributed by atoms with van der Waals surface area (Å²) in [4.78, 5) is 13.8. The Kier molecular flexibility index (Phi) is 5.30. The van der Waals surface area contributed by atoms with E-state index in [1.54, 1.807) is 20.8 Å². The zero-order valence-corrected chi connectivity index (χ0v) is 15.0. The van der Waals surface area contributed by atoms with Crippen LogP contribution in [-0.2, 0) is 9.53 Å². The van der Waals surface area contributed by atoms with E-state index in [-0.39, 0.29) is 12.1 Å². The molecule has 1 aromatic rings. The molecule has 1 aromatic carbocycles. The maximum absolute atomic E-state index is 13.7. The van der Waals surface area contributed by atoms with Crippen LogP contribution < -0.4 is 10.6 Å². The number of esters is 1. The van der Waals surface area contributed by atoms with Gasteiger partial charge in [0.15, 0.2) is 0 Å². The summed E-state index contributed by atoms with van der Waals surface area (Å²) in [5.41, 5.74) is 4.35. The maximum Gasteiger partial charge on any atom is 0.309 e. The molecule has 0 aliphatic carbocycles. The lowest BCUT2D eigenvalue weighted by Gasteiger charge is -2.39. The number of carbonyl (C=O) groups excluding carboxylic acids is 1. The topological polar surface area (TPSA) is 75.8 Å². The van der Waals surface area contributed by atoms with E-state index in [1.807, 2.05) is 4.90 Å². The van der Waals surface area contributed by atoms with Crippen molar-refractivity contribution in [2.45, 2.75) is 51.2 Å². The first kappa shape index (κ1) is 18.8. The number of piperidine rings is 1. The second-order valence-corrected chi connectivity index (χ2v) is 7.71. The van der Waals surface area contributed by atoms with Crippen LogP contribution in [0.15, 0.2) is 12.1 Å². The van der Waals surface area contributed by atoms with Crippen LogP contribution in [0.2, 0.25) is 5.02 Å². The molecule has 0 aromatic heterocycles. The minimum Gasteiger partial charge on any atom is -0.460 e. The number of halogens is 2. The molecule has 24 heavy (non-hydrogen) atoms. The second-order valence-electron chi connectivity index (χ2n) is 7.30. The number of ether oxygens (including phenoxy) is 1. The summed E-state index contributed by atoms with van der Waals surface area (Å²) in [5, 5.41) is 11.0. The van der Waals surface area contributed by atoms with Gasteiger partial charge < -0.3 is 20.5 Å². The smallest absolute Gasteiger partial charge is 0.309 e. The Labute approximate surface area is 146 Å². The third-order valence-electron chi connectivity index (χ3n) is 3.99. The summed E-state index contributed by atoms with van der Waals surface area (Å²) in [6.07, 6.45) is 0.686. The summed E-state index contributed by atoms with van der Waals surface area (Å²) >= 11 is 6.14. The normalized spacial score (nSPS) is 17.7. The molecule has 2 rings (SSSR count). The molecule has 1 fully saturated rings.